The molecule has 1 aromatic carbocycles. The van der Waals surface area contributed by atoms with Gasteiger partial charge in [0.05, 0.1) is 5.69 Å². The highest BCUT2D eigenvalue weighted by Crippen LogP contribution is 2.33. The molecule has 1 aromatic heterocycles. The van der Waals surface area contributed by atoms with Crippen molar-refractivity contribution in [2.24, 2.45) is 0 Å². The highest BCUT2D eigenvalue weighted by Gasteiger charge is 2.22. The zero-order valence-corrected chi connectivity index (χ0v) is 13.5. The van der Waals surface area contributed by atoms with Crippen LogP contribution in [0.4, 0.5) is 10.1 Å². The third-order valence-electron chi connectivity index (χ3n) is 3.09. The molecule has 0 fully saturated rings. The predicted molar refractivity (Wildman–Crippen MR) is 88.6 cm³/mol. The smallest absolute Gasteiger partial charge is 0.226 e. The van der Waals surface area contributed by atoms with Crippen molar-refractivity contribution >= 4 is 27.4 Å². The third-order valence-corrected chi connectivity index (χ3v) is 3.89. The van der Waals surface area contributed by atoms with Crippen molar-refractivity contribution in [1.82, 2.24) is 4.98 Å². The molecule has 0 radical (unpaired) electrons. The predicted octanol–water partition coefficient (Wildman–Crippen LogP) is 3.59. The summed E-state index contributed by atoms with van der Waals surface area (Å²) in [4.78, 5) is 16.4. The molecule has 0 unspecified atom stereocenters. The number of carbonyl (C=O) groups excluding carboxylic acids is 1. The van der Waals surface area contributed by atoms with Gasteiger partial charge >= 0.3 is 0 Å². The Morgan fingerprint density at radius 1 is 1.29 bits per heavy atom. The van der Waals surface area contributed by atoms with E-state index in [0.717, 1.165) is 17.7 Å². The molecule has 0 aliphatic heterocycles. The Balaban J connectivity index is 1.94. The van der Waals surface area contributed by atoms with Crippen molar-refractivity contribution in [3.05, 3.63) is 41.6 Å². The number of nitrogens with two attached hydrogens (primary N) is 1. The summed E-state index contributed by atoms with van der Waals surface area (Å²) in [7, 11) is 0. The van der Waals surface area contributed by atoms with E-state index < -0.39 is 0 Å². The lowest BCUT2D eigenvalue weighted by Crippen LogP contribution is -2.15. The molecule has 112 valence electrons. The highest BCUT2D eigenvalue weighted by atomic mass is 32.1. The number of anilines is 2. The summed E-state index contributed by atoms with van der Waals surface area (Å²) < 4.78 is 0. The Kier molecular flexibility index (Phi) is 4.63. The molecule has 0 aliphatic rings. The number of nitrogens with one attached hydrogen (secondary N) is 1. The molecule has 0 saturated heterocycles. The van der Waals surface area contributed by atoms with E-state index in [1.54, 1.807) is 0 Å². The van der Waals surface area contributed by atoms with Crippen LogP contribution in [0.1, 0.15) is 38.4 Å². The second-order valence-corrected chi connectivity index (χ2v) is 7.05. The van der Waals surface area contributed by atoms with E-state index in [2.05, 4.69) is 31.1 Å². The van der Waals surface area contributed by atoms with E-state index in [4.69, 9.17) is 5.73 Å². The van der Waals surface area contributed by atoms with Crippen LogP contribution in [0, 0.1) is 0 Å². The summed E-state index contributed by atoms with van der Waals surface area (Å²) in [5.74, 6) is -0.0342. The van der Waals surface area contributed by atoms with Gasteiger partial charge in [0.2, 0.25) is 5.91 Å². The molecule has 2 aromatic rings. The van der Waals surface area contributed by atoms with E-state index in [1.165, 1.54) is 11.3 Å². The molecule has 0 saturated carbocycles. The Hall–Kier alpha value is -1.88. The average Bonchev–Trinajstić information content (AvgIpc) is 2.78. The van der Waals surface area contributed by atoms with Gasteiger partial charge in [0.1, 0.15) is 5.00 Å². The first-order valence-corrected chi connectivity index (χ1v) is 7.78. The summed E-state index contributed by atoms with van der Waals surface area (Å²) in [6.07, 6.45) is 1.16. The zero-order valence-electron chi connectivity index (χ0n) is 12.6. The van der Waals surface area contributed by atoms with Crippen molar-refractivity contribution < 1.29 is 4.79 Å². The number of amides is 1. The molecule has 21 heavy (non-hydrogen) atoms. The number of carbonyl (C=O) groups is 1. The van der Waals surface area contributed by atoms with Crippen molar-refractivity contribution in [2.75, 3.05) is 11.1 Å². The Bertz CT molecular complexity index is 614. The summed E-state index contributed by atoms with van der Waals surface area (Å²) >= 11 is 1.33. The number of aromatic nitrogens is 1. The largest absolute Gasteiger partial charge is 0.389 e. The molecule has 0 aliphatic carbocycles. The number of thiazole rings is 1. The summed E-state index contributed by atoms with van der Waals surface area (Å²) in [5.41, 5.74) is 7.85. The van der Waals surface area contributed by atoms with Crippen LogP contribution in [0.2, 0.25) is 0 Å². The highest BCUT2D eigenvalue weighted by molar-refractivity contribution is 7.19. The fourth-order valence-electron chi connectivity index (χ4n) is 2.01. The first-order valence-electron chi connectivity index (χ1n) is 6.97. The fourth-order valence-corrected chi connectivity index (χ4v) is 2.97. The Morgan fingerprint density at radius 3 is 2.52 bits per heavy atom. The molecule has 1 amide bonds. The second-order valence-electron chi connectivity index (χ2n) is 6.02. The summed E-state index contributed by atoms with van der Waals surface area (Å²) in [6, 6.07) is 9.96. The molecule has 3 N–H and O–H groups in total. The van der Waals surface area contributed by atoms with Crippen LogP contribution in [-0.2, 0) is 16.6 Å². The van der Waals surface area contributed by atoms with Crippen molar-refractivity contribution in [1.29, 1.82) is 0 Å². The molecular weight excluding hydrogens is 282 g/mol. The van der Waals surface area contributed by atoms with Gasteiger partial charge in [-0.3, -0.25) is 4.79 Å². The van der Waals surface area contributed by atoms with Crippen molar-refractivity contribution in [3.8, 4) is 0 Å². The number of benzene rings is 1. The molecule has 0 bridgehead atoms. The zero-order chi connectivity index (χ0) is 15.5. The number of nitrogens with zero attached hydrogens (tertiary/aromatic N) is 1. The summed E-state index contributed by atoms with van der Waals surface area (Å²) in [6.45, 7) is 6.16. The monoisotopic (exact) mass is 303 g/mol. The molecule has 5 heteroatoms. The minimum atomic E-state index is -0.117. The van der Waals surface area contributed by atoms with Gasteiger partial charge in [-0.2, -0.15) is 0 Å². The number of nitrogen functional groups attached to an aromatic ring is 1. The molecule has 0 atom stereocenters. The minimum Gasteiger partial charge on any atom is -0.389 e. The van der Waals surface area contributed by atoms with Gasteiger partial charge in [-0.05, 0) is 12.0 Å². The third kappa shape index (κ3) is 4.29. The van der Waals surface area contributed by atoms with E-state index in [0.29, 0.717) is 16.6 Å². The van der Waals surface area contributed by atoms with Gasteiger partial charge in [0.25, 0.3) is 0 Å². The minimum absolute atomic E-state index is 0.0342. The van der Waals surface area contributed by atoms with Crippen LogP contribution >= 0.6 is 11.3 Å². The number of aryl methyl sites for hydroxylation is 1. The second kappa shape index (κ2) is 6.26. The van der Waals surface area contributed by atoms with Gasteiger partial charge in [-0.25, -0.2) is 4.98 Å². The quantitative estimate of drug-likeness (QED) is 0.907. The SMILES string of the molecule is CC(C)(C)c1nc(NC(=O)CCc2ccccc2)sc1N. The van der Waals surface area contributed by atoms with Gasteiger partial charge in [0, 0.05) is 11.8 Å². The first-order chi connectivity index (χ1) is 9.86. The normalized spacial score (nSPS) is 11.4. The van der Waals surface area contributed by atoms with E-state index in [1.807, 2.05) is 30.3 Å². The van der Waals surface area contributed by atoms with Crippen LogP contribution < -0.4 is 11.1 Å². The molecular formula is C16H21N3OS. The lowest BCUT2D eigenvalue weighted by Gasteiger charge is -2.15. The number of hydrogen-bond donors (Lipinski definition) is 2. The molecule has 0 spiro atoms. The summed E-state index contributed by atoms with van der Waals surface area (Å²) in [5, 5.41) is 4.08. The van der Waals surface area contributed by atoms with E-state index >= 15 is 0 Å². The number of hydrogen-bond acceptors (Lipinski definition) is 4. The molecule has 4 nitrogen and oxygen atoms in total. The Morgan fingerprint density at radius 2 is 1.95 bits per heavy atom. The van der Waals surface area contributed by atoms with Crippen LogP contribution in [0.25, 0.3) is 0 Å². The standard InChI is InChI=1S/C16H21N3OS/c1-16(2,3)13-14(17)21-15(19-13)18-12(20)10-9-11-7-5-4-6-8-11/h4-8H,9-10,17H2,1-3H3,(H,18,19,20). The van der Waals surface area contributed by atoms with E-state index in [-0.39, 0.29) is 11.3 Å². The van der Waals surface area contributed by atoms with Crippen LogP contribution in [0.3, 0.4) is 0 Å². The van der Waals surface area contributed by atoms with Gasteiger partial charge in [0.15, 0.2) is 5.13 Å². The van der Waals surface area contributed by atoms with E-state index in [9.17, 15) is 4.79 Å². The average molecular weight is 303 g/mol. The number of rotatable bonds is 4. The van der Waals surface area contributed by atoms with Crippen LogP contribution in [-0.4, -0.2) is 10.9 Å². The van der Waals surface area contributed by atoms with Crippen LogP contribution in [0.15, 0.2) is 30.3 Å². The maximum atomic E-state index is 12.0. The fraction of sp³-hybridized carbons (Fsp3) is 0.375. The van der Waals surface area contributed by atoms with Crippen molar-refractivity contribution in [2.45, 2.75) is 39.0 Å². The molecule has 1 heterocycles. The van der Waals surface area contributed by atoms with Crippen molar-refractivity contribution in [3.63, 3.8) is 0 Å². The topological polar surface area (TPSA) is 68.0 Å². The molecule has 2 rings (SSSR count). The Labute approximate surface area is 129 Å². The van der Waals surface area contributed by atoms with Crippen LogP contribution in [0.5, 0.6) is 0 Å². The lowest BCUT2D eigenvalue weighted by atomic mass is 9.93. The first kappa shape index (κ1) is 15.5. The maximum absolute atomic E-state index is 12.0. The lowest BCUT2D eigenvalue weighted by molar-refractivity contribution is -0.116. The van der Waals surface area contributed by atoms with Gasteiger partial charge < -0.3 is 11.1 Å². The van der Waals surface area contributed by atoms with Gasteiger partial charge in [-0.15, -0.1) is 0 Å². The van der Waals surface area contributed by atoms with Gasteiger partial charge in [-0.1, -0.05) is 62.4 Å². The maximum Gasteiger partial charge on any atom is 0.226 e.